The Balaban J connectivity index is 4.14. The number of carbonyl (C=O) groups excluding carboxylic acids is 1. The van der Waals surface area contributed by atoms with Gasteiger partial charge in [0.2, 0.25) is 6.41 Å². The Labute approximate surface area is 67.2 Å². The average molecular weight is 219 g/mol. The summed E-state index contributed by atoms with van der Waals surface area (Å²) >= 11 is 0. The number of rotatable bonds is 5. The molecule has 0 bridgehead atoms. The van der Waals surface area contributed by atoms with Crippen molar-refractivity contribution < 1.29 is 33.2 Å². The van der Waals surface area contributed by atoms with E-state index in [-0.39, 0.29) is 6.41 Å². The highest BCUT2D eigenvalue weighted by Gasteiger charge is 2.31. The molecule has 72 valence electrons. The van der Waals surface area contributed by atoms with Crippen LogP contribution < -0.4 is 5.48 Å². The number of amides is 1. The smallest absolute Gasteiger partial charge is 0.324 e. The van der Waals surface area contributed by atoms with Crippen molar-refractivity contribution in [2.75, 3.05) is 5.90 Å². The number of hydrogen-bond acceptors (Lipinski definition) is 4. The second kappa shape index (κ2) is 4.13. The van der Waals surface area contributed by atoms with Crippen molar-refractivity contribution in [2.24, 2.45) is 0 Å². The number of nitrogens with one attached hydrogen (secondary N) is 1. The van der Waals surface area contributed by atoms with Gasteiger partial charge in [-0.05, 0) is 0 Å². The third kappa shape index (κ3) is 6.48. The van der Waals surface area contributed by atoms with Gasteiger partial charge in [-0.2, -0.15) is 4.62 Å². The first kappa shape index (κ1) is 11.8. The second-order valence-corrected chi connectivity index (χ2v) is 5.69. The lowest BCUT2D eigenvalue weighted by atomic mass is 11.5. The van der Waals surface area contributed by atoms with Crippen LogP contribution in [0.3, 0.4) is 0 Å². The molecule has 0 aromatic heterocycles. The molecule has 0 aromatic rings. The Kier molecular flexibility index (Phi) is 4.05. The molecule has 10 heteroatoms. The summed E-state index contributed by atoms with van der Waals surface area (Å²) in [4.78, 5) is 34.6. The van der Waals surface area contributed by atoms with E-state index in [1.54, 1.807) is 0 Å². The number of carbonyl (C=O) groups is 1. The molecule has 0 spiro atoms. The van der Waals surface area contributed by atoms with Crippen molar-refractivity contribution in [3.8, 4) is 0 Å². The van der Waals surface area contributed by atoms with E-state index in [0.29, 0.717) is 0 Å². The zero-order valence-electron chi connectivity index (χ0n) is 5.65. The monoisotopic (exact) mass is 219 g/mol. The highest BCUT2D eigenvalue weighted by molar-refractivity contribution is 7.69. The molecule has 0 saturated heterocycles. The molecule has 0 radical (unpaired) electrons. The fraction of sp³-hybridized carbons (Fsp3) is 0.500. The molecule has 8 nitrogen and oxygen atoms in total. The summed E-state index contributed by atoms with van der Waals surface area (Å²) < 4.78 is 24.5. The highest BCUT2D eigenvalue weighted by atomic mass is 31.2. The van der Waals surface area contributed by atoms with Gasteiger partial charge >= 0.3 is 15.2 Å². The number of hydrogen-bond donors (Lipinski definition) is 4. The van der Waals surface area contributed by atoms with E-state index in [2.05, 4.69) is 4.62 Å². The second-order valence-electron chi connectivity index (χ2n) is 1.77. The van der Waals surface area contributed by atoms with Crippen LogP contribution in [0.4, 0.5) is 0 Å². The summed E-state index contributed by atoms with van der Waals surface area (Å²) in [5, 5.41) is 0. The Morgan fingerprint density at radius 3 is 2.17 bits per heavy atom. The minimum absolute atomic E-state index is 0.0391. The van der Waals surface area contributed by atoms with E-state index >= 15 is 0 Å². The maximum absolute atomic E-state index is 10.6. The predicted molar refractivity (Wildman–Crippen MR) is 37.0 cm³/mol. The van der Waals surface area contributed by atoms with Gasteiger partial charge in [0, 0.05) is 0 Å². The molecule has 0 heterocycles. The minimum Gasteiger partial charge on any atom is -0.324 e. The van der Waals surface area contributed by atoms with E-state index in [0.717, 1.165) is 0 Å². The molecule has 12 heavy (non-hydrogen) atoms. The molecule has 0 aromatic carbocycles. The minimum atomic E-state index is -4.62. The fourth-order valence-corrected chi connectivity index (χ4v) is 2.67. The normalized spacial score (nSPS) is 16.6. The Bertz CT molecular complexity index is 244. The Morgan fingerprint density at radius 2 is 1.83 bits per heavy atom. The molecule has 0 saturated carbocycles. The van der Waals surface area contributed by atoms with Crippen molar-refractivity contribution >= 4 is 21.6 Å². The SMILES string of the molecule is O=CNOP(=O)(O)CP(=O)(O)O. The van der Waals surface area contributed by atoms with Crippen LogP contribution in [0.15, 0.2) is 0 Å². The van der Waals surface area contributed by atoms with Crippen LogP contribution in [-0.4, -0.2) is 27.0 Å². The first-order valence-corrected chi connectivity index (χ1v) is 6.07. The molecule has 0 rings (SSSR count). The first-order valence-electron chi connectivity index (χ1n) is 2.51. The molecule has 0 aliphatic carbocycles. The van der Waals surface area contributed by atoms with Gasteiger partial charge < -0.3 is 14.7 Å². The lowest BCUT2D eigenvalue weighted by Gasteiger charge is -2.10. The van der Waals surface area contributed by atoms with E-state index in [9.17, 15) is 13.9 Å². The Morgan fingerprint density at radius 1 is 1.33 bits per heavy atom. The summed E-state index contributed by atoms with van der Waals surface area (Å²) in [5.74, 6) is -1.33. The third-order valence-electron chi connectivity index (χ3n) is 0.606. The topological polar surface area (TPSA) is 133 Å². The van der Waals surface area contributed by atoms with Gasteiger partial charge in [0.05, 0.1) is 0 Å². The van der Waals surface area contributed by atoms with Crippen molar-refractivity contribution in [1.82, 2.24) is 5.48 Å². The molecule has 1 unspecified atom stereocenters. The molecule has 1 atom stereocenters. The lowest BCUT2D eigenvalue weighted by Crippen LogP contribution is -2.10. The van der Waals surface area contributed by atoms with Crippen LogP contribution >= 0.6 is 15.2 Å². The van der Waals surface area contributed by atoms with Crippen LogP contribution in [0.1, 0.15) is 0 Å². The van der Waals surface area contributed by atoms with E-state index in [4.69, 9.17) is 14.7 Å². The summed E-state index contributed by atoms with van der Waals surface area (Å²) in [5.41, 5.74) is 1.37. The van der Waals surface area contributed by atoms with E-state index in [1.807, 2.05) is 0 Å². The van der Waals surface area contributed by atoms with Gasteiger partial charge in [0.25, 0.3) is 0 Å². The average Bonchev–Trinajstić information content (AvgIpc) is 1.78. The lowest BCUT2D eigenvalue weighted by molar-refractivity contribution is -0.115. The molecule has 1 amide bonds. The standard InChI is InChI=1S/C2H7NO7P2/c4-1-3-10-12(8,9)2-11(5,6)7/h1H,2H2,(H,3,4)(H,8,9)(H2,5,6,7). The van der Waals surface area contributed by atoms with Crippen LogP contribution in [0.25, 0.3) is 0 Å². The van der Waals surface area contributed by atoms with Crippen molar-refractivity contribution in [1.29, 1.82) is 0 Å². The molecular formula is C2H7NO7P2. The molecule has 0 aliphatic rings. The summed E-state index contributed by atoms with van der Waals surface area (Å²) in [6, 6.07) is 0. The highest BCUT2D eigenvalue weighted by Crippen LogP contribution is 2.54. The maximum Gasteiger partial charge on any atom is 0.361 e. The van der Waals surface area contributed by atoms with Crippen molar-refractivity contribution in [3.63, 3.8) is 0 Å². The van der Waals surface area contributed by atoms with Crippen LogP contribution in [0.5, 0.6) is 0 Å². The largest absolute Gasteiger partial charge is 0.361 e. The first-order chi connectivity index (χ1) is 5.27. The zero-order chi connectivity index (χ0) is 9.83. The summed E-state index contributed by atoms with van der Waals surface area (Å²) in [7, 11) is -9.06. The van der Waals surface area contributed by atoms with Crippen LogP contribution in [-0.2, 0) is 18.5 Å². The predicted octanol–water partition coefficient (Wildman–Crippen LogP) is -1.02. The van der Waals surface area contributed by atoms with Crippen LogP contribution in [0, 0.1) is 0 Å². The van der Waals surface area contributed by atoms with Gasteiger partial charge in [0.1, 0.15) is 0 Å². The van der Waals surface area contributed by atoms with Gasteiger partial charge in [0.15, 0.2) is 5.90 Å². The summed E-state index contributed by atoms with van der Waals surface area (Å²) in [6.07, 6.45) is -0.0391. The summed E-state index contributed by atoms with van der Waals surface area (Å²) in [6.45, 7) is 0. The van der Waals surface area contributed by atoms with Crippen molar-refractivity contribution in [3.05, 3.63) is 0 Å². The number of hydroxylamine groups is 1. The van der Waals surface area contributed by atoms with E-state index in [1.165, 1.54) is 5.48 Å². The molecular weight excluding hydrogens is 212 g/mol. The van der Waals surface area contributed by atoms with Crippen LogP contribution in [0.2, 0.25) is 0 Å². The van der Waals surface area contributed by atoms with E-state index < -0.39 is 21.1 Å². The van der Waals surface area contributed by atoms with Gasteiger partial charge in [-0.25, -0.2) is 5.48 Å². The zero-order valence-corrected chi connectivity index (χ0v) is 7.44. The Hall–Kier alpha value is -0.230. The molecule has 0 aliphatic heterocycles. The van der Waals surface area contributed by atoms with Gasteiger partial charge in [-0.1, -0.05) is 0 Å². The molecule has 0 fully saturated rings. The quantitative estimate of drug-likeness (QED) is 0.264. The fourth-order valence-electron chi connectivity index (χ4n) is 0.366. The van der Waals surface area contributed by atoms with Crippen molar-refractivity contribution in [2.45, 2.75) is 0 Å². The van der Waals surface area contributed by atoms with Gasteiger partial charge in [-0.3, -0.25) is 13.9 Å². The van der Waals surface area contributed by atoms with Gasteiger partial charge in [-0.15, -0.1) is 0 Å². The maximum atomic E-state index is 10.6. The molecule has 4 N–H and O–H groups in total. The third-order valence-corrected chi connectivity index (χ3v) is 3.90.